The molecule has 3 aromatic rings. The molecule has 39 heavy (non-hydrogen) atoms. The first kappa shape index (κ1) is 27.4. The summed E-state index contributed by atoms with van der Waals surface area (Å²) in [4.78, 5) is 34.9. The maximum Gasteiger partial charge on any atom is 0.227 e. The van der Waals surface area contributed by atoms with Gasteiger partial charge < -0.3 is 9.64 Å². The summed E-state index contributed by atoms with van der Waals surface area (Å²) in [6.07, 6.45) is 4.14. The molecule has 3 unspecified atom stereocenters. The second-order valence-electron chi connectivity index (χ2n) is 10.3. The summed E-state index contributed by atoms with van der Waals surface area (Å²) in [7, 11) is 1.62. The fourth-order valence-corrected chi connectivity index (χ4v) is 6.07. The zero-order valence-corrected chi connectivity index (χ0v) is 23.7. The zero-order chi connectivity index (χ0) is 27.5. The summed E-state index contributed by atoms with van der Waals surface area (Å²) in [5.74, 6) is 0.189. The Morgan fingerprint density at radius 1 is 0.949 bits per heavy atom. The van der Waals surface area contributed by atoms with Crippen molar-refractivity contribution in [1.82, 2.24) is 0 Å². The summed E-state index contributed by atoms with van der Waals surface area (Å²) >= 11 is 12.6. The Bertz CT molecular complexity index is 1390. The SMILES string of the molecule is CCCCCC(=O)N1c2ccc(Cl)cc2N=C2CC(c3ccc(Cl)cc3)CC(=O)C2C1c1ccc(OC)cc1. The Labute approximate surface area is 239 Å². The maximum absolute atomic E-state index is 14.1. The normalized spacial score (nSPS) is 20.5. The van der Waals surface area contributed by atoms with Crippen molar-refractivity contribution >= 4 is 52.0 Å². The summed E-state index contributed by atoms with van der Waals surface area (Å²) < 4.78 is 5.39. The molecular weight excluding hydrogens is 531 g/mol. The van der Waals surface area contributed by atoms with Gasteiger partial charge in [0.05, 0.1) is 30.4 Å². The number of unbranched alkanes of at least 4 members (excludes halogenated alkanes) is 2. The molecule has 1 aliphatic carbocycles. The van der Waals surface area contributed by atoms with Crippen LogP contribution in [0.4, 0.5) is 11.4 Å². The lowest BCUT2D eigenvalue weighted by Crippen LogP contribution is -2.45. The van der Waals surface area contributed by atoms with Crippen LogP contribution in [0.3, 0.4) is 0 Å². The van der Waals surface area contributed by atoms with Gasteiger partial charge in [-0.2, -0.15) is 0 Å². The molecule has 0 spiro atoms. The van der Waals surface area contributed by atoms with Gasteiger partial charge in [-0.25, -0.2) is 0 Å². The number of carbonyl (C=O) groups is 2. The van der Waals surface area contributed by atoms with Crippen molar-refractivity contribution in [1.29, 1.82) is 0 Å². The first-order valence-electron chi connectivity index (χ1n) is 13.5. The highest BCUT2D eigenvalue weighted by atomic mass is 35.5. The average molecular weight is 564 g/mol. The van der Waals surface area contributed by atoms with Crippen molar-refractivity contribution in [2.75, 3.05) is 12.0 Å². The molecule has 1 aliphatic heterocycles. The number of carbonyl (C=O) groups excluding carboxylic acids is 2. The minimum Gasteiger partial charge on any atom is -0.497 e. The van der Waals surface area contributed by atoms with Crippen molar-refractivity contribution < 1.29 is 14.3 Å². The second-order valence-corrected chi connectivity index (χ2v) is 11.1. The van der Waals surface area contributed by atoms with Gasteiger partial charge in [-0.3, -0.25) is 14.6 Å². The van der Waals surface area contributed by atoms with E-state index >= 15 is 0 Å². The molecule has 3 atom stereocenters. The predicted molar refractivity (Wildman–Crippen MR) is 158 cm³/mol. The first-order chi connectivity index (χ1) is 18.9. The number of fused-ring (bicyclic) bond motifs is 2. The van der Waals surface area contributed by atoms with E-state index in [4.69, 9.17) is 32.9 Å². The smallest absolute Gasteiger partial charge is 0.227 e. The van der Waals surface area contributed by atoms with Gasteiger partial charge >= 0.3 is 0 Å². The van der Waals surface area contributed by atoms with Crippen molar-refractivity contribution in [2.24, 2.45) is 10.9 Å². The quantitative estimate of drug-likeness (QED) is 0.271. The summed E-state index contributed by atoms with van der Waals surface area (Å²) in [5, 5.41) is 1.19. The number of Topliss-reactive ketones (excluding diaryl/α,β-unsaturated/α-hetero) is 1. The Hall–Kier alpha value is -3.15. The van der Waals surface area contributed by atoms with E-state index in [1.54, 1.807) is 19.2 Å². The van der Waals surface area contributed by atoms with Crippen LogP contribution >= 0.6 is 23.2 Å². The van der Waals surface area contributed by atoms with Gasteiger partial charge in [0.2, 0.25) is 5.91 Å². The summed E-state index contributed by atoms with van der Waals surface area (Å²) in [6, 6.07) is 20.2. The standard InChI is InChI=1S/C32H32Cl2N2O3/c1-3-4-5-6-30(38)36-28-16-13-24(34)19-26(28)35-27-17-22(20-7-11-23(33)12-8-20)18-29(37)31(27)32(36)21-9-14-25(39-2)15-10-21/h7-16,19,22,31-32H,3-6,17-18H2,1-2H3. The van der Waals surface area contributed by atoms with E-state index in [1.807, 2.05) is 59.5 Å². The number of ether oxygens (including phenoxy) is 1. The molecule has 1 heterocycles. The fourth-order valence-electron chi connectivity index (χ4n) is 5.77. The number of rotatable bonds is 7. The summed E-state index contributed by atoms with van der Waals surface area (Å²) in [6.45, 7) is 2.12. The number of halogens is 2. The molecule has 1 saturated carbocycles. The van der Waals surface area contributed by atoms with Crippen LogP contribution in [0.15, 0.2) is 71.7 Å². The molecular formula is C32H32Cl2N2O3. The molecule has 5 nitrogen and oxygen atoms in total. The third kappa shape index (κ3) is 5.75. The van der Waals surface area contributed by atoms with Crippen LogP contribution in [0.5, 0.6) is 5.75 Å². The van der Waals surface area contributed by atoms with Crippen molar-refractivity contribution in [3.8, 4) is 5.75 Å². The molecule has 3 aromatic carbocycles. The highest BCUT2D eigenvalue weighted by molar-refractivity contribution is 6.31. The van der Waals surface area contributed by atoms with E-state index in [0.29, 0.717) is 46.4 Å². The zero-order valence-electron chi connectivity index (χ0n) is 22.2. The minimum absolute atomic E-state index is 0.0167. The first-order valence-corrected chi connectivity index (χ1v) is 14.3. The summed E-state index contributed by atoms with van der Waals surface area (Å²) in [5.41, 5.74) is 4.00. The van der Waals surface area contributed by atoms with Gasteiger partial charge in [-0.1, -0.05) is 67.2 Å². The van der Waals surface area contributed by atoms with Gasteiger partial charge in [-0.15, -0.1) is 0 Å². The van der Waals surface area contributed by atoms with Gasteiger partial charge in [0.1, 0.15) is 11.5 Å². The van der Waals surface area contributed by atoms with E-state index in [1.165, 1.54) is 0 Å². The van der Waals surface area contributed by atoms with Crippen LogP contribution in [0.1, 0.15) is 68.5 Å². The van der Waals surface area contributed by atoms with Gasteiger partial charge in [-0.05, 0) is 72.4 Å². The molecule has 0 aromatic heterocycles. The number of amides is 1. The fraction of sp³-hybridized carbons (Fsp3) is 0.344. The Morgan fingerprint density at radius 2 is 1.64 bits per heavy atom. The van der Waals surface area contributed by atoms with Gasteiger partial charge in [0.25, 0.3) is 0 Å². The lowest BCUT2D eigenvalue weighted by molar-refractivity contribution is -0.123. The third-order valence-electron chi connectivity index (χ3n) is 7.73. The van der Waals surface area contributed by atoms with Crippen LogP contribution in [0.25, 0.3) is 0 Å². The Balaban J connectivity index is 1.65. The predicted octanol–water partition coefficient (Wildman–Crippen LogP) is 8.51. The number of ketones is 1. The number of hydrogen-bond donors (Lipinski definition) is 0. The molecule has 0 saturated heterocycles. The van der Waals surface area contributed by atoms with E-state index in [2.05, 4.69) is 6.92 Å². The molecule has 1 amide bonds. The van der Waals surface area contributed by atoms with Crippen LogP contribution < -0.4 is 9.64 Å². The number of hydrogen-bond acceptors (Lipinski definition) is 4. The highest BCUT2D eigenvalue weighted by Gasteiger charge is 2.46. The number of aliphatic imine (C=N–C) groups is 1. The number of methoxy groups -OCH3 is 1. The molecule has 1 fully saturated rings. The molecule has 5 rings (SSSR count). The van der Waals surface area contributed by atoms with Crippen LogP contribution in [0.2, 0.25) is 10.0 Å². The van der Waals surface area contributed by atoms with E-state index in [0.717, 1.165) is 36.1 Å². The molecule has 0 N–H and O–H groups in total. The largest absolute Gasteiger partial charge is 0.497 e. The Morgan fingerprint density at radius 3 is 2.33 bits per heavy atom. The molecule has 0 bridgehead atoms. The lowest BCUT2D eigenvalue weighted by atomic mass is 9.72. The Kier molecular flexibility index (Phi) is 8.39. The lowest BCUT2D eigenvalue weighted by Gasteiger charge is -2.39. The number of benzene rings is 3. The molecule has 202 valence electrons. The van der Waals surface area contributed by atoms with E-state index in [-0.39, 0.29) is 17.6 Å². The van der Waals surface area contributed by atoms with Crippen LogP contribution in [-0.2, 0) is 9.59 Å². The topological polar surface area (TPSA) is 59.0 Å². The average Bonchev–Trinajstić information content (AvgIpc) is 3.07. The molecule has 2 aliphatic rings. The number of nitrogens with zero attached hydrogens (tertiary/aromatic N) is 2. The number of anilines is 1. The monoisotopic (exact) mass is 562 g/mol. The maximum atomic E-state index is 14.1. The minimum atomic E-state index is -0.566. The van der Waals surface area contributed by atoms with E-state index in [9.17, 15) is 9.59 Å². The van der Waals surface area contributed by atoms with Crippen LogP contribution in [-0.4, -0.2) is 24.5 Å². The molecule has 0 radical (unpaired) electrons. The van der Waals surface area contributed by atoms with Gasteiger partial charge in [0.15, 0.2) is 0 Å². The molecule has 7 heteroatoms. The third-order valence-corrected chi connectivity index (χ3v) is 8.21. The van der Waals surface area contributed by atoms with Crippen molar-refractivity contribution in [3.63, 3.8) is 0 Å². The van der Waals surface area contributed by atoms with Gasteiger partial charge in [0, 0.05) is 28.6 Å². The van der Waals surface area contributed by atoms with Crippen LogP contribution in [0, 0.1) is 5.92 Å². The van der Waals surface area contributed by atoms with Crippen molar-refractivity contribution in [3.05, 3.63) is 87.9 Å². The van der Waals surface area contributed by atoms with Crippen molar-refractivity contribution in [2.45, 2.75) is 57.4 Å². The van der Waals surface area contributed by atoms with E-state index < -0.39 is 12.0 Å². The highest BCUT2D eigenvalue weighted by Crippen LogP contribution is 2.48. The second kappa shape index (κ2) is 11.9.